The summed E-state index contributed by atoms with van der Waals surface area (Å²) in [6, 6.07) is 55.9. The molecule has 0 aromatic heterocycles. The van der Waals surface area contributed by atoms with E-state index in [1.807, 2.05) is 0 Å². The maximum atomic E-state index is 2.45. The predicted molar refractivity (Wildman–Crippen MR) is 171 cm³/mol. The van der Waals surface area contributed by atoms with Crippen LogP contribution in [0.4, 0.5) is 17.1 Å². The van der Waals surface area contributed by atoms with Gasteiger partial charge in [-0.1, -0.05) is 141 Å². The molecule has 8 rings (SSSR count). The van der Waals surface area contributed by atoms with Gasteiger partial charge in [0.2, 0.25) is 0 Å². The van der Waals surface area contributed by atoms with Gasteiger partial charge in [-0.25, -0.2) is 0 Å². The van der Waals surface area contributed by atoms with Gasteiger partial charge in [-0.05, 0) is 68.8 Å². The number of hydrogen-bond acceptors (Lipinski definition) is 1. The molecule has 0 radical (unpaired) electrons. The van der Waals surface area contributed by atoms with Gasteiger partial charge >= 0.3 is 0 Å². The fourth-order valence-corrected chi connectivity index (χ4v) is 7.54. The lowest BCUT2D eigenvalue weighted by atomic mass is 9.53. The molecule has 0 bridgehead atoms. The molecule has 1 heteroatoms. The van der Waals surface area contributed by atoms with Crippen molar-refractivity contribution in [2.45, 2.75) is 24.7 Å². The lowest BCUT2D eigenvalue weighted by molar-refractivity contribution is 0.556. The first-order valence-corrected chi connectivity index (χ1v) is 14.5. The van der Waals surface area contributed by atoms with Crippen molar-refractivity contribution >= 4 is 17.1 Å². The van der Waals surface area contributed by atoms with Crippen LogP contribution in [0.2, 0.25) is 0 Å². The molecule has 0 saturated carbocycles. The van der Waals surface area contributed by atoms with Crippen LogP contribution in [-0.4, -0.2) is 0 Å². The molecule has 1 heterocycles. The van der Waals surface area contributed by atoms with Crippen LogP contribution in [0.15, 0.2) is 152 Å². The third-order valence-corrected chi connectivity index (χ3v) is 9.34. The van der Waals surface area contributed by atoms with Crippen molar-refractivity contribution < 1.29 is 0 Å². The quantitative estimate of drug-likeness (QED) is 0.217. The molecule has 41 heavy (non-hydrogen) atoms. The largest absolute Gasteiger partial charge is 0.310 e. The molecule has 0 unspecified atom stereocenters. The average molecular weight is 526 g/mol. The zero-order valence-corrected chi connectivity index (χ0v) is 23.4. The Morgan fingerprint density at radius 1 is 0.366 bits per heavy atom. The first kappa shape index (κ1) is 24.0. The lowest BCUT2D eigenvalue weighted by Crippen LogP contribution is -2.44. The van der Waals surface area contributed by atoms with Crippen molar-refractivity contribution in [3.8, 4) is 11.1 Å². The summed E-state index contributed by atoms with van der Waals surface area (Å²) in [6.07, 6.45) is 0. The number of fused-ring (bicyclic) bond motifs is 8. The van der Waals surface area contributed by atoms with E-state index in [2.05, 4.69) is 170 Å². The number of hydrogen-bond donors (Lipinski definition) is 0. The molecule has 0 N–H and O–H groups in total. The second-order valence-electron chi connectivity index (χ2n) is 11.7. The summed E-state index contributed by atoms with van der Waals surface area (Å²) in [6.45, 7) is 4.75. The Bertz CT molecular complexity index is 1810. The van der Waals surface area contributed by atoms with E-state index >= 15 is 0 Å². The predicted octanol–water partition coefficient (Wildman–Crippen LogP) is 10.2. The fraction of sp³-hybridized carbons (Fsp3) is 0.100. The van der Waals surface area contributed by atoms with Crippen LogP contribution in [0.5, 0.6) is 0 Å². The van der Waals surface area contributed by atoms with Gasteiger partial charge in [0.05, 0.1) is 16.8 Å². The minimum atomic E-state index is -0.420. The smallest absolute Gasteiger partial charge is 0.0748 e. The second kappa shape index (κ2) is 8.81. The van der Waals surface area contributed by atoms with Gasteiger partial charge in [-0.2, -0.15) is 0 Å². The van der Waals surface area contributed by atoms with Gasteiger partial charge in [0, 0.05) is 11.1 Å². The van der Waals surface area contributed by atoms with E-state index in [9.17, 15) is 0 Å². The molecule has 0 saturated heterocycles. The van der Waals surface area contributed by atoms with Gasteiger partial charge in [0.25, 0.3) is 0 Å². The number of rotatable bonds is 2. The van der Waals surface area contributed by atoms with Crippen LogP contribution < -0.4 is 4.90 Å². The zero-order valence-electron chi connectivity index (χ0n) is 23.4. The van der Waals surface area contributed by atoms with E-state index < -0.39 is 5.41 Å². The Kier molecular flexibility index (Phi) is 5.15. The van der Waals surface area contributed by atoms with Gasteiger partial charge in [-0.3, -0.25) is 0 Å². The summed E-state index contributed by atoms with van der Waals surface area (Å²) >= 11 is 0. The molecule has 1 spiro atoms. The Hall–Kier alpha value is -4.88. The van der Waals surface area contributed by atoms with E-state index in [4.69, 9.17) is 0 Å². The Balaban J connectivity index is 1.43. The van der Waals surface area contributed by atoms with E-state index in [0.717, 1.165) is 5.69 Å². The minimum Gasteiger partial charge on any atom is -0.310 e. The zero-order chi connectivity index (χ0) is 27.6. The van der Waals surface area contributed by atoms with Gasteiger partial charge in [0.15, 0.2) is 0 Å². The Morgan fingerprint density at radius 3 is 1.27 bits per heavy atom. The van der Waals surface area contributed by atoms with Crippen LogP contribution in [0, 0.1) is 0 Å². The van der Waals surface area contributed by atoms with Gasteiger partial charge in [-0.15, -0.1) is 0 Å². The Labute approximate surface area is 242 Å². The lowest BCUT2D eigenvalue weighted by Gasteiger charge is -2.52. The van der Waals surface area contributed by atoms with Crippen LogP contribution in [0.25, 0.3) is 11.1 Å². The SMILES string of the molecule is CC1(C)c2ccccc2C2(c3ccccc3N(c3ccc(-c4ccccc4)cc3)c3ccccc32)c2ccccc21. The standard InChI is InChI=1S/C40H31N/c1-39(2)31-16-6-8-18-33(31)40(34-19-9-7-17-32(34)39)35-20-10-12-22-37(35)41(38-23-13-11-21-36(38)40)30-26-24-29(25-27-30)28-14-4-3-5-15-28/h3-27H,1-2H3. The molecule has 196 valence electrons. The summed E-state index contributed by atoms with van der Waals surface area (Å²) in [4.78, 5) is 2.45. The third kappa shape index (κ3) is 3.24. The van der Waals surface area contributed by atoms with E-state index in [1.165, 1.54) is 55.9 Å². The summed E-state index contributed by atoms with van der Waals surface area (Å²) in [7, 11) is 0. The van der Waals surface area contributed by atoms with E-state index in [1.54, 1.807) is 0 Å². The summed E-state index contributed by atoms with van der Waals surface area (Å²) in [5.74, 6) is 0. The highest BCUT2D eigenvalue weighted by atomic mass is 15.2. The van der Waals surface area contributed by atoms with Crippen LogP contribution >= 0.6 is 0 Å². The molecular weight excluding hydrogens is 494 g/mol. The van der Waals surface area contributed by atoms with E-state index in [-0.39, 0.29) is 5.41 Å². The topological polar surface area (TPSA) is 3.24 Å². The van der Waals surface area contributed by atoms with Gasteiger partial charge < -0.3 is 4.90 Å². The third-order valence-electron chi connectivity index (χ3n) is 9.34. The minimum absolute atomic E-state index is 0.104. The molecule has 0 fully saturated rings. The molecule has 0 atom stereocenters. The monoisotopic (exact) mass is 525 g/mol. The second-order valence-corrected chi connectivity index (χ2v) is 11.7. The molecule has 6 aromatic rings. The van der Waals surface area contributed by atoms with Crippen molar-refractivity contribution in [3.63, 3.8) is 0 Å². The normalized spacial score (nSPS) is 15.4. The molecule has 1 aliphatic carbocycles. The van der Waals surface area contributed by atoms with E-state index in [0.29, 0.717) is 0 Å². The first-order valence-electron chi connectivity index (χ1n) is 14.5. The first-order chi connectivity index (χ1) is 20.1. The van der Waals surface area contributed by atoms with Crippen molar-refractivity contribution in [3.05, 3.63) is 185 Å². The van der Waals surface area contributed by atoms with Crippen LogP contribution in [-0.2, 0) is 10.8 Å². The number of benzene rings is 6. The number of para-hydroxylation sites is 2. The fourth-order valence-electron chi connectivity index (χ4n) is 7.54. The number of nitrogens with zero attached hydrogens (tertiary/aromatic N) is 1. The molecule has 1 nitrogen and oxygen atoms in total. The van der Waals surface area contributed by atoms with Crippen LogP contribution in [0.3, 0.4) is 0 Å². The summed E-state index contributed by atoms with van der Waals surface area (Å²) < 4.78 is 0. The maximum absolute atomic E-state index is 2.45. The molecule has 6 aromatic carbocycles. The highest BCUT2D eigenvalue weighted by Gasteiger charge is 2.53. The van der Waals surface area contributed by atoms with Crippen molar-refractivity contribution in [2.24, 2.45) is 0 Å². The molecule has 0 amide bonds. The average Bonchev–Trinajstić information content (AvgIpc) is 3.04. The van der Waals surface area contributed by atoms with Crippen molar-refractivity contribution in [2.75, 3.05) is 4.90 Å². The Morgan fingerprint density at radius 2 is 0.756 bits per heavy atom. The number of anilines is 3. The van der Waals surface area contributed by atoms with Crippen LogP contribution in [0.1, 0.15) is 47.2 Å². The summed E-state index contributed by atoms with van der Waals surface area (Å²) in [5.41, 5.74) is 13.7. The molecule has 2 aliphatic rings. The highest BCUT2D eigenvalue weighted by molar-refractivity contribution is 5.91. The molecular formula is C40H31N. The maximum Gasteiger partial charge on any atom is 0.0748 e. The van der Waals surface area contributed by atoms with Crippen molar-refractivity contribution in [1.82, 2.24) is 0 Å². The van der Waals surface area contributed by atoms with Crippen molar-refractivity contribution in [1.29, 1.82) is 0 Å². The van der Waals surface area contributed by atoms with Gasteiger partial charge in [0.1, 0.15) is 0 Å². The molecule has 1 aliphatic heterocycles. The summed E-state index contributed by atoms with van der Waals surface area (Å²) in [5, 5.41) is 0. The highest BCUT2D eigenvalue weighted by Crippen LogP contribution is 2.62.